The summed E-state index contributed by atoms with van der Waals surface area (Å²) in [5.74, 6) is -3.19. The Kier molecular flexibility index (Phi) is 9.22. The molecule has 126 valence electrons. The molecule has 2 atom stereocenters. The highest BCUT2D eigenvalue weighted by molar-refractivity contribution is 5.79. The van der Waals surface area contributed by atoms with Gasteiger partial charge in [0.2, 0.25) is 0 Å². The molecule has 0 saturated heterocycles. The van der Waals surface area contributed by atoms with Crippen molar-refractivity contribution in [3.05, 3.63) is 0 Å². The van der Waals surface area contributed by atoms with Crippen molar-refractivity contribution in [1.82, 2.24) is 0 Å². The van der Waals surface area contributed by atoms with Crippen molar-refractivity contribution in [3.8, 4) is 0 Å². The molecule has 0 spiro atoms. The Labute approximate surface area is 126 Å². The number of nitrogens with two attached hydrogens (primary N) is 4. The molecule has 0 aliphatic rings. The standard InChI is InChI=1S/C11H21N5O6/c12-6(2-1-5-16-11(14)15)9(19)21-22-10(20)7(13)3-4-8(17)18/h6-7H,1-5,12-13H2,(H,17,18)(H4,14,15,16)/t6-,7-/m1/s1. The zero-order valence-electron chi connectivity index (χ0n) is 11.9. The highest BCUT2D eigenvalue weighted by Gasteiger charge is 2.22. The average molecular weight is 319 g/mol. The van der Waals surface area contributed by atoms with Crippen LogP contribution in [0.4, 0.5) is 0 Å². The lowest BCUT2D eigenvalue weighted by atomic mass is 10.2. The molecule has 0 radical (unpaired) electrons. The van der Waals surface area contributed by atoms with Crippen LogP contribution in [0.3, 0.4) is 0 Å². The van der Waals surface area contributed by atoms with Gasteiger partial charge in [0, 0.05) is 13.0 Å². The van der Waals surface area contributed by atoms with Crippen molar-refractivity contribution in [2.24, 2.45) is 27.9 Å². The van der Waals surface area contributed by atoms with Gasteiger partial charge in [0.1, 0.15) is 12.1 Å². The number of carboxylic acid groups (broad SMARTS) is 1. The van der Waals surface area contributed by atoms with Crippen LogP contribution in [0, 0.1) is 0 Å². The highest BCUT2D eigenvalue weighted by atomic mass is 17.2. The molecule has 22 heavy (non-hydrogen) atoms. The van der Waals surface area contributed by atoms with E-state index in [1.54, 1.807) is 0 Å². The fourth-order valence-corrected chi connectivity index (χ4v) is 1.24. The van der Waals surface area contributed by atoms with E-state index < -0.39 is 30.0 Å². The Morgan fingerprint density at radius 1 is 1.00 bits per heavy atom. The molecule has 0 bridgehead atoms. The monoisotopic (exact) mass is 319 g/mol. The van der Waals surface area contributed by atoms with Gasteiger partial charge in [-0.3, -0.25) is 9.79 Å². The van der Waals surface area contributed by atoms with Crippen LogP contribution in [0.5, 0.6) is 0 Å². The highest BCUT2D eigenvalue weighted by Crippen LogP contribution is 2.01. The van der Waals surface area contributed by atoms with Crippen molar-refractivity contribution in [1.29, 1.82) is 0 Å². The third kappa shape index (κ3) is 9.50. The van der Waals surface area contributed by atoms with Crippen LogP contribution in [0.15, 0.2) is 4.99 Å². The summed E-state index contributed by atoms with van der Waals surface area (Å²) >= 11 is 0. The number of aliphatic imine (C=N–C) groups is 1. The van der Waals surface area contributed by atoms with Gasteiger partial charge in [-0.15, -0.1) is 0 Å². The molecule has 0 amide bonds. The number of aliphatic carboxylic acids is 1. The molecule has 0 aromatic rings. The van der Waals surface area contributed by atoms with Crippen molar-refractivity contribution in [2.75, 3.05) is 6.54 Å². The Hall–Kier alpha value is -2.40. The molecule has 11 heteroatoms. The molecule has 0 aliphatic heterocycles. The third-order valence-electron chi connectivity index (χ3n) is 2.45. The van der Waals surface area contributed by atoms with E-state index in [0.717, 1.165) is 0 Å². The zero-order chi connectivity index (χ0) is 17.1. The van der Waals surface area contributed by atoms with E-state index in [9.17, 15) is 14.4 Å². The molecule has 0 fully saturated rings. The number of hydrogen-bond acceptors (Lipinski definition) is 8. The van der Waals surface area contributed by atoms with Crippen molar-refractivity contribution in [3.63, 3.8) is 0 Å². The normalized spacial score (nSPS) is 12.8. The van der Waals surface area contributed by atoms with E-state index in [2.05, 4.69) is 14.8 Å². The van der Waals surface area contributed by atoms with Gasteiger partial charge in [-0.2, -0.15) is 0 Å². The summed E-state index contributed by atoms with van der Waals surface area (Å²) in [4.78, 5) is 45.2. The van der Waals surface area contributed by atoms with Crippen LogP contribution in [0.1, 0.15) is 25.7 Å². The van der Waals surface area contributed by atoms with Gasteiger partial charge in [-0.25, -0.2) is 19.4 Å². The minimum Gasteiger partial charge on any atom is -0.481 e. The molecule has 0 aliphatic carbocycles. The Morgan fingerprint density at radius 3 is 1.95 bits per heavy atom. The fourth-order valence-electron chi connectivity index (χ4n) is 1.24. The van der Waals surface area contributed by atoms with E-state index in [-0.39, 0.29) is 25.2 Å². The first-order valence-electron chi connectivity index (χ1n) is 6.44. The largest absolute Gasteiger partial charge is 0.481 e. The molecule has 0 rings (SSSR count). The van der Waals surface area contributed by atoms with Gasteiger partial charge in [-0.05, 0) is 19.3 Å². The number of carboxylic acids is 1. The van der Waals surface area contributed by atoms with Gasteiger partial charge in [0.25, 0.3) is 0 Å². The summed E-state index contributed by atoms with van der Waals surface area (Å²) in [6, 6.07) is -2.22. The Balaban J connectivity index is 3.97. The summed E-state index contributed by atoms with van der Waals surface area (Å²) in [5.41, 5.74) is 21.1. The molecule has 11 nitrogen and oxygen atoms in total. The van der Waals surface area contributed by atoms with Crippen molar-refractivity contribution < 1.29 is 29.3 Å². The fraction of sp³-hybridized carbons (Fsp3) is 0.636. The Morgan fingerprint density at radius 2 is 1.50 bits per heavy atom. The second kappa shape index (κ2) is 10.3. The van der Waals surface area contributed by atoms with E-state index in [1.165, 1.54) is 0 Å². The minimum atomic E-state index is -1.21. The quantitative estimate of drug-likeness (QED) is 0.0996. The maximum absolute atomic E-state index is 11.4. The maximum atomic E-state index is 11.4. The molecule has 9 N–H and O–H groups in total. The molecular weight excluding hydrogens is 298 g/mol. The molecular formula is C11H21N5O6. The van der Waals surface area contributed by atoms with Crippen LogP contribution < -0.4 is 22.9 Å². The SMILES string of the molecule is NC(N)=NCCC[C@@H](N)C(=O)OOC(=O)[C@H](N)CCC(=O)O. The van der Waals surface area contributed by atoms with Crippen LogP contribution >= 0.6 is 0 Å². The van der Waals surface area contributed by atoms with Gasteiger partial charge in [-0.1, -0.05) is 0 Å². The zero-order valence-corrected chi connectivity index (χ0v) is 11.9. The summed E-state index contributed by atoms with van der Waals surface area (Å²) in [5, 5.41) is 8.44. The topological polar surface area (TPSA) is 206 Å². The summed E-state index contributed by atoms with van der Waals surface area (Å²) < 4.78 is 0. The predicted molar refractivity (Wildman–Crippen MR) is 74.9 cm³/mol. The molecule has 0 aromatic heterocycles. The molecule has 0 aromatic carbocycles. The van der Waals surface area contributed by atoms with E-state index >= 15 is 0 Å². The number of carbonyl (C=O) groups is 3. The second-order valence-electron chi connectivity index (χ2n) is 4.40. The van der Waals surface area contributed by atoms with Crippen LogP contribution in [0.2, 0.25) is 0 Å². The van der Waals surface area contributed by atoms with E-state index in [1.807, 2.05) is 0 Å². The molecule has 0 heterocycles. The first-order chi connectivity index (χ1) is 10.2. The predicted octanol–water partition coefficient (Wildman–Crippen LogP) is -2.44. The van der Waals surface area contributed by atoms with Gasteiger partial charge < -0.3 is 28.0 Å². The number of rotatable bonds is 9. The number of guanidine groups is 1. The summed E-state index contributed by atoms with van der Waals surface area (Å²) in [6.07, 6.45) is 0.198. The lowest BCUT2D eigenvalue weighted by molar-refractivity contribution is -0.261. The number of carbonyl (C=O) groups excluding carboxylic acids is 2. The van der Waals surface area contributed by atoms with Gasteiger partial charge in [0.15, 0.2) is 5.96 Å². The average Bonchev–Trinajstić information content (AvgIpc) is 2.45. The van der Waals surface area contributed by atoms with Gasteiger partial charge >= 0.3 is 17.9 Å². The van der Waals surface area contributed by atoms with E-state index in [4.69, 9.17) is 28.0 Å². The van der Waals surface area contributed by atoms with E-state index in [0.29, 0.717) is 13.0 Å². The Bertz CT molecular complexity index is 423. The van der Waals surface area contributed by atoms with Crippen molar-refractivity contribution >= 4 is 23.9 Å². The summed E-state index contributed by atoms with van der Waals surface area (Å²) in [6.45, 7) is 0.295. The minimum absolute atomic E-state index is 0.0690. The maximum Gasteiger partial charge on any atom is 0.372 e. The second-order valence-corrected chi connectivity index (χ2v) is 4.40. The first kappa shape index (κ1) is 19.6. The lowest BCUT2D eigenvalue weighted by Crippen LogP contribution is -2.37. The number of nitrogens with zero attached hydrogens (tertiary/aromatic N) is 1. The molecule has 0 saturated carbocycles. The van der Waals surface area contributed by atoms with Crippen LogP contribution in [-0.4, -0.2) is 47.6 Å². The van der Waals surface area contributed by atoms with Crippen molar-refractivity contribution in [2.45, 2.75) is 37.8 Å². The van der Waals surface area contributed by atoms with Crippen LogP contribution in [-0.2, 0) is 24.2 Å². The first-order valence-corrected chi connectivity index (χ1v) is 6.44. The van der Waals surface area contributed by atoms with Gasteiger partial charge in [0.05, 0.1) is 0 Å². The molecule has 0 unspecified atom stereocenters. The lowest BCUT2D eigenvalue weighted by Gasteiger charge is -2.11. The smallest absolute Gasteiger partial charge is 0.372 e. The summed E-state index contributed by atoms with van der Waals surface area (Å²) in [7, 11) is 0. The van der Waals surface area contributed by atoms with Crippen LogP contribution in [0.25, 0.3) is 0 Å². The number of hydrogen-bond donors (Lipinski definition) is 5. The third-order valence-corrected chi connectivity index (χ3v) is 2.45.